The average Bonchev–Trinajstić information content (AvgIpc) is 2.66. The minimum absolute atomic E-state index is 0.246. The smallest absolute Gasteiger partial charge is 0.132 e. The Kier molecular flexibility index (Phi) is 4.37. The van der Waals surface area contributed by atoms with Gasteiger partial charge in [0.05, 0.1) is 5.69 Å². The van der Waals surface area contributed by atoms with E-state index in [1.165, 1.54) is 6.07 Å². The maximum atomic E-state index is 13.9. The highest BCUT2D eigenvalue weighted by atomic mass is 79.9. The van der Waals surface area contributed by atoms with Gasteiger partial charge in [-0.2, -0.15) is 5.10 Å². The largest absolute Gasteiger partial charge is 0.319 e. The quantitative estimate of drug-likeness (QED) is 0.936. The lowest BCUT2D eigenvalue weighted by Crippen LogP contribution is -2.13. The Morgan fingerprint density at radius 2 is 2.16 bits per heavy atom. The fraction of sp³-hybridized carbons (Fsp3) is 0.357. The van der Waals surface area contributed by atoms with Crippen molar-refractivity contribution < 1.29 is 4.39 Å². The number of hydrogen-bond donors (Lipinski definition) is 1. The van der Waals surface area contributed by atoms with Gasteiger partial charge in [-0.05, 0) is 37.7 Å². The average molecular weight is 326 g/mol. The van der Waals surface area contributed by atoms with Crippen LogP contribution in [0.2, 0.25) is 0 Å². The molecule has 102 valence electrons. The van der Waals surface area contributed by atoms with Gasteiger partial charge in [-0.3, -0.25) is 4.68 Å². The summed E-state index contributed by atoms with van der Waals surface area (Å²) >= 11 is 3.37. The molecule has 0 saturated heterocycles. The highest BCUT2D eigenvalue weighted by molar-refractivity contribution is 9.10. The number of halogens is 2. The molecule has 1 heterocycles. The second-order valence-electron chi connectivity index (χ2n) is 4.52. The van der Waals surface area contributed by atoms with Crippen LogP contribution < -0.4 is 5.32 Å². The number of nitrogens with one attached hydrogen (secondary N) is 1. The SMILES string of the molecule is CNCCc1c(C)c(-c2cc(Br)ccc2F)nn1C. The Bertz CT molecular complexity index is 593. The van der Waals surface area contributed by atoms with Gasteiger partial charge in [0, 0.05) is 35.7 Å². The van der Waals surface area contributed by atoms with Crippen LogP contribution in [0.15, 0.2) is 22.7 Å². The number of nitrogens with zero attached hydrogens (tertiary/aromatic N) is 2. The molecule has 0 amide bonds. The third-order valence-corrected chi connectivity index (χ3v) is 3.72. The van der Waals surface area contributed by atoms with Crippen LogP contribution in [0.4, 0.5) is 4.39 Å². The lowest BCUT2D eigenvalue weighted by molar-refractivity contribution is 0.629. The Balaban J connectivity index is 2.48. The first-order valence-electron chi connectivity index (χ1n) is 6.17. The molecular weight excluding hydrogens is 309 g/mol. The Morgan fingerprint density at radius 1 is 1.42 bits per heavy atom. The number of rotatable bonds is 4. The lowest BCUT2D eigenvalue weighted by atomic mass is 10.1. The van der Waals surface area contributed by atoms with Gasteiger partial charge in [0.2, 0.25) is 0 Å². The van der Waals surface area contributed by atoms with E-state index in [0.717, 1.165) is 28.7 Å². The number of hydrogen-bond acceptors (Lipinski definition) is 2. The molecule has 0 radical (unpaired) electrons. The summed E-state index contributed by atoms with van der Waals surface area (Å²) in [6.07, 6.45) is 0.876. The van der Waals surface area contributed by atoms with Gasteiger partial charge in [0.25, 0.3) is 0 Å². The topological polar surface area (TPSA) is 29.9 Å². The predicted octanol–water partition coefficient (Wildman–Crippen LogP) is 3.06. The summed E-state index contributed by atoms with van der Waals surface area (Å²) in [5.74, 6) is -0.246. The second kappa shape index (κ2) is 5.84. The fourth-order valence-corrected chi connectivity index (χ4v) is 2.55. The van der Waals surface area contributed by atoms with Gasteiger partial charge in [-0.25, -0.2) is 4.39 Å². The van der Waals surface area contributed by atoms with E-state index in [4.69, 9.17) is 0 Å². The van der Waals surface area contributed by atoms with Crippen LogP contribution in [0.3, 0.4) is 0 Å². The van der Waals surface area contributed by atoms with Crippen LogP contribution in [-0.2, 0) is 13.5 Å². The summed E-state index contributed by atoms with van der Waals surface area (Å²) in [5.41, 5.74) is 3.42. The maximum absolute atomic E-state index is 13.9. The molecule has 3 nitrogen and oxygen atoms in total. The Hall–Kier alpha value is -1.20. The molecule has 2 aromatic rings. The molecule has 1 aromatic heterocycles. The van der Waals surface area contributed by atoms with E-state index in [1.807, 2.05) is 25.7 Å². The minimum atomic E-state index is -0.246. The molecule has 0 bridgehead atoms. The van der Waals surface area contributed by atoms with Crippen LogP contribution in [0.5, 0.6) is 0 Å². The van der Waals surface area contributed by atoms with E-state index >= 15 is 0 Å². The number of aryl methyl sites for hydroxylation is 1. The van der Waals surface area contributed by atoms with Crippen molar-refractivity contribution in [1.29, 1.82) is 0 Å². The van der Waals surface area contributed by atoms with E-state index in [0.29, 0.717) is 11.3 Å². The van der Waals surface area contributed by atoms with Crippen LogP contribution in [0.25, 0.3) is 11.3 Å². The molecule has 0 atom stereocenters. The molecule has 0 aliphatic carbocycles. The summed E-state index contributed by atoms with van der Waals surface area (Å²) in [4.78, 5) is 0. The first-order valence-corrected chi connectivity index (χ1v) is 6.96. The third kappa shape index (κ3) is 2.87. The summed E-state index contributed by atoms with van der Waals surface area (Å²) in [5, 5.41) is 7.58. The van der Waals surface area contributed by atoms with E-state index in [-0.39, 0.29) is 5.82 Å². The molecule has 0 saturated carbocycles. The number of benzene rings is 1. The van der Waals surface area contributed by atoms with Gasteiger partial charge in [0.15, 0.2) is 0 Å². The molecule has 0 spiro atoms. The Labute approximate surface area is 121 Å². The third-order valence-electron chi connectivity index (χ3n) is 3.22. The van der Waals surface area contributed by atoms with Gasteiger partial charge in [-0.15, -0.1) is 0 Å². The van der Waals surface area contributed by atoms with Crippen LogP contribution in [0.1, 0.15) is 11.3 Å². The molecule has 0 fully saturated rings. The van der Waals surface area contributed by atoms with E-state index in [9.17, 15) is 4.39 Å². The highest BCUT2D eigenvalue weighted by Crippen LogP contribution is 2.29. The second-order valence-corrected chi connectivity index (χ2v) is 5.44. The van der Waals surface area contributed by atoms with Crippen molar-refractivity contribution in [2.24, 2.45) is 7.05 Å². The first-order chi connectivity index (χ1) is 9.04. The van der Waals surface area contributed by atoms with Gasteiger partial charge < -0.3 is 5.32 Å². The molecule has 19 heavy (non-hydrogen) atoms. The molecule has 1 N–H and O–H groups in total. The zero-order valence-electron chi connectivity index (χ0n) is 11.3. The molecular formula is C14H17BrFN3. The van der Waals surface area contributed by atoms with Crippen LogP contribution >= 0.6 is 15.9 Å². The van der Waals surface area contributed by atoms with Crippen molar-refractivity contribution in [1.82, 2.24) is 15.1 Å². The van der Waals surface area contributed by atoms with Gasteiger partial charge in [0.1, 0.15) is 5.82 Å². The molecule has 0 aliphatic rings. The molecule has 1 aromatic carbocycles. The van der Waals surface area contributed by atoms with Crippen molar-refractivity contribution in [3.63, 3.8) is 0 Å². The Morgan fingerprint density at radius 3 is 2.84 bits per heavy atom. The van der Waals surface area contributed by atoms with Crippen molar-refractivity contribution in [3.05, 3.63) is 39.7 Å². The zero-order valence-corrected chi connectivity index (χ0v) is 12.9. The van der Waals surface area contributed by atoms with Gasteiger partial charge >= 0.3 is 0 Å². The summed E-state index contributed by atoms with van der Waals surface area (Å²) in [6, 6.07) is 4.92. The summed E-state index contributed by atoms with van der Waals surface area (Å²) < 4.78 is 16.6. The molecule has 5 heteroatoms. The van der Waals surface area contributed by atoms with Gasteiger partial charge in [-0.1, -0.05) is 15.9 Å². The number of aromatic nitrogens is 2. The molecule has 0 aliphatic heterocycles. The first kappa shape index (κ1) is 14.2. The van der Waals surface area contributed by atoms with Crippen LogP contribution in [0, 0.1) is 12.7 Å². The summed E-state index contributed by atoms with van der Waals surface area (Å²) in [6.45, 7) is 2.87. The minimum Gasteiger partial charge on any atom is -0.319 e. The highest BCUT2D eigenvalue weighted by Gasteiger charge is 2.16. The van der Waals surface area contributed by atoms with E-state index in [1.54, 1.807) is 12.1 Å². The van der Waals surface area contributed by atoms with E-state index in [2.05, 4.69) is 26.3 Å². The van der Waals surface area contributed by atoms with Crippen LogP contribution in [-0.4, -0.2) is 23.4 Å². The maximum Gasteiger partial charge on any atom is 0.132 e. The molecule has 2 rings (SSSR count). The van der Waals surface area contributed by atoms with E-state index < -0.39 is 0 Å². The van der Waals surface area contributed by atoms with Crippen molar-refractivity contribution in [3.8, 4) is 11.3 Å². The monoisotopic (exact) mass is 325 g/mol. The fourth-order valence-electron chi connectivity index (χ4n) is 2.19. The van der Waals surface area contributed by atoms with Crippen molar-refractivity contribution in [2.75, 3.05) is 13.6 Å². The molecule has 0 unspecified atom stereocenters. The number of likely N-dealkylation sites (N-methyl/N-ethyl adjacent to an activating group) is 1. The van der Waals surface area contributed by atoms with Crippen molar-refractivity contribution in [2.45, 2.75) is 13.3 Å². The zero-order chi connectivity index (χ0) is 14.0. The predicted molar refractivity (Wildman–Crippen MR) is 78.7 cm³/mol. The normalized spacial score (nSPS) is 11.0. The standard InChI is InChI=1S/C14H17BrFN3/c1-9-13(6-7-17-2)19(3)18-14(9)11-8-10(15)4-5-12(11)16/h4-5,8,17H,6-7H2,1-3H3. The lowest BCUT2D eigenvalue weighted by Gasteiger charge is -2.03. The summed E-state index contributed by atoms with van der Waals surface area (Å²) in [7, 11) is 3.82. The van der Waals surface area contributed by atoms with Crippen molar-refractivity contribution >= 4 is 15.9 Å².